The number of benzene rings is 1. The Kier molecular flexibility index (Phi) is 6.87. The van der Waals surface area contributed by atoms with E-state index in [1.54, 1.807) is 24.3 Å². The van der Waals surface area contributed by atoms with Crippen molar-refractivity contribution in [2.24, 2.45) is 0 Å². The molecule has 1 aliphatic rings. The topological polar surface area (TPSA) is 82.1 Å². The molecule has 138 valence electrons. The summed E-state index contributed by atoms with van der Waals surface area (Å²) in [5.41, 5.74) is 0.628. The average Bonchev–Trinajstić information content (AvgIpc) is 2.87. The molecule has 1 heterocycles. The van der Waals surface area contributed by atoms with Crippen LogP contribution in [0.5, 0.6) is 11.5 Å². The van der Waals surface area contributed by atoms with E-state index in [9.17, 15) is 14.4 Å². The number of rotatable bonds is 7. The Morgan fingerprint density at radius 1 is 1.35 bits per heavy atom. The van der Waals surface area contributed by atoms with Crippen LogP contribution in [0, 0.1) is 0 Å². The van der Waals surface area contributed by atoms with Crippen LogP contribution in [0.4, 0.5) is 4.79 Å². The van der Waals surface area contributed by atoms with Crippen LogP contribution in [-0.4, -0.2) is 49.4 Å². The Morgan fingerprint density at radius 3 is 2.69 bits per heavy atom. The molecule has 0 saturated carbocycles. The van der Waals surface area contributed by atoms with Gasteiger partial charge < -0.3 is 14.2 Å². The van der Waals surface area contributed by atoms with Gasteiger partial charge in [0.2, 0.25) is 0 Å². The second-order valence-electron chi connectivity index (χ2n) is 4.98. The smallest absolute Gasteiger partial charge is 0.325 e. The molecular formula is C17H16BrNO6S. The zero-order chi connectivity index (χ0) is 19.3. The van der Waals surface area contributed by atoms with Gasteiger partial charge in [-0.1, -0.05) is 12.7 Å². The van der Waals surface area contributed by atoms with Crippen molar-refractivity contribution in [3.63, 3.8) is 0 Å². The quantitative estimate of drug-likeness (QED) is 0.364. The van der Waals surface area contributed by atoms with Gasteiger partial charge in [0.1, 0.15) is 13.2 Å². The van der Waals surface area contributed by atoms with E-state index in [4.69, 9.17) is 9.47 Å². The number of methoxy groups -OCH3 is 2. The molecular weight excluding hydrogens is 426 g/mol. The minimum absolute atomic E-state index is 0.201. The maximum Gasteiger partial charge on any atom is 0.325 e. The Morgan fingerprint density at radius 2 is 2.08 bits per heavy atom. The summed E-state index contributed by atoms with van der Waals surface area (Å²) in [6, 6.07) is 3.41. The van der Waals surface area contributed by atoms with Gasteiger partial charge in [0, 0.05) is 0 Å². The number of carbonyl (C=O) groups is 3. The molecule has 0 bridgehead atoms. The van der Waals surface area contributed by atoms with Crippen molar-refractivity contribution in [2.75, 3.05) is 27.4 Å². The molecule has 0 aromatic heterocycles. The molecule has 2 amide bonds. The highest BCUT2D eigenvalue weighted by molar-refractivity contribution is 9.10. The highest BCUT2D eigenvalue weighted by Gasteiger charge is 2.36. The monoisotopic (exact) mass is 441 g/mol. The SMILES string of the molecule is C=CCOc1c(Br)cc(/C=C2\SC(=O)N(CC(=O)OC)C2=O)cc1OC. The fourth-order valence-electron chi connectivity index (χ4n) is 2.09. The van der Waals surface area contributed by atoms with Gasteiger partial charge >= 0.3 is 5.97 Å². The van der Waals surface area contributed by atoms with Crippen molar-refractivity contribution in [2.45, 2.75) is 0 Å². The molecule has 0 spiro atoms. The third kappa shape index (κ3) is 4.47. The summed E-state index contributed by atoms with van der Waals surface area (Å²) < 4.78 is 16.0. The minimum Gasteiger partial charge on any atom is -0.493 e. The number of ether oxygens (including phenoxy) is 3. The van der Waals surface area contributed by atoms with E-state index in [1.165, 1.54) is 14.2 Å². The summed E-state index contributed by atoms with van der Waals surface area (Å²) in [6.07, 6.45) is 3.16. The predicted molar refractivity (Wildman–Crippen MR) is 101 cm³/mol. The first-order valence-corrected chi connectivity index (χ1v) is 8.95. The fraction of sp³-hybridized carbons (Fsp3) is 0.235. The van der Waals surface area contributed by atoms with Gasteiger partial charge in [-0.05, 0) is 51.5 Å². The van der Waals surface area contributed by atoms with E-state index in [-0.39, 0.29) is 4.91 Å². The molecule has 0 atom stereocenters. The predicted octanol–water partition coefficient (Wildman–Crippen LogP) is 3.23. The lowest BCUT2D eigenvalue weighted by Gasteiger charge is -2.12. The maximum absolute atomic E-state index is 12.3. The molecule has 1 saturated heterocycles. The first-order chi connectivity index (χ1) is 12.4. The minimum atomic E-state index is -0.665. The van der Waals surface area contributed by atoms with Crippen molar-refractivity contribution in [3.8, 4) is 11.5 Å². The number of esters is 1. The number of thioether (sulfide) groups is 1. The third-order valence-corrected chi connectivity index (χ3v) is 4.78. The Labute approximate surface area is 163 Å². The molecule has 9 heteroatoms. The molecule has 0 aliphatic carbocycles. The molecule has 0 unspecified atom stereocenters. The summed E-state index contributed by atoms with van der Waals surface area (Å²) in [5.74, 6) is -0.251. The largest absolute Gasteiger partial charge is 0.493 e. The molecule has 1 fully saturated rings. The lowest BCUT2D eigenvalue weighted by atomic mass is 10.2. The number of halogens is 1. The van der Waals surface area contributed by atoms with Gasteiger partial charge in [-0.2, -0.15) is 0 Å². The van der Waals surface area contributed by atoms with Crippen molar-refractivity contribution in [1.82, 2.24) is 4.90 Å². The van der Waals surface area contributed by atoms with Crippen LogP contribution < -0.4 is 9.47 Å². The Bertz CT molecular complexity index is 792. The number of amides is 2. The van der Waals surface area contributed by atoms with Gasteiger partial charge in [0.05, 0.1) is 23.6 Å². The molecule has 0 radical (unpaired) electrons. The number of carbonyl (C=O) groups excluding carboxylic acids is 3. The summed E-state index contributed by atoms with van der Waals surface area (Å²) in [7, 11) is 2.69. The van der Waals surface area contributed by atoms with Crippen molar-refractivity contribution < 1.29 is 28.6 Å². The van der Waals surface area contributed by atoms with Crippen molar-refractivity contribution in [1.29, 1.82) is 0 Å². The zero-order valence-electron chi connectivity index (χ0n) is 14.1. The Balaban J connectivity index is 2.30. The van der Waals surface area contributed by atoms with Crippen LogP contribution in [0.1, 0.15) is 5.56 Å². The zero-order valence-corrected chi connectivity index (χ0v) is 16.5. The second-order valence-corrected chi connectivity index (χ2v) is 6.83. The van der Waals surface area contributed by atoms with E-state index in [2.05, 4.69) is 27.2 Å². The lowest BCUT2D eigenvalue weighted by molar-refractivity contribution is -0.143. The standard InChI is InChI=1S/C17H16BrNO6S/c1-4-5-25-15-11(18)6-10(7-12(15)23-2)8-13-16(21)19(17(22)26-13)9-14(20)24-3/h4,6-8H,1,5,9H2,2-3H3/b13-8-. The van der Waals surface area contributed by atoms with Crippen LogP contribution in [-0.2, 0) is 14.3 Å². The molecule has 26 heavy (non-hydrogen) atoms. The number of nitrogens with zero attached hydrogens (tertiary/aromatic N) is 1. The molecule has 2 rings (SSSR count). The van der Waals surface area contributed by atoms with Crippen LogP contribution in [0.25, 0.3) is 6.08 Å². The number of hydrogen-bond acceptors (Lipinski definition) is 7. The molecule has 1 aromatic rings. The van der Waals surface area contributed by atoms with Gasteiger partial charge in [0.25, 0.3) is 11.1 Å². The summed E-state index contributed by atoms with van der Waals surface area (Å²) in [5, 5.41) is -0.524. The van der Waals surface area contributed by atoms with E-state index >= 15 is 0 Å². The van der Waals surface area contributed by atoms with Gasteiger partial charge in [-0.3, -0.25) is 19.3 Å². The van der Waals surface area contributed by atoms with Crippen LogP contribution in [0.2, 0.25) is 0 Å². The number of hydrogen-bond donors (Lipinski definition) is 0. The summed E-state index contributed by atoms with van der Waals surface area (Å²) in [6.45, 7) is 3.49. The van der Waals surface area contributed by atoms with Crippen molar-refractivity contribution >= 4 is 50.9 Å². The molecule has 0 N–H and O–H groups in total. The fourth-order valence-corrected chi connectivity index (χ4v) is 3.50. The van der Waals surface area contributed by atoms with Crippen LogP contribution in [0.3, 0.4) is 0 Å². The van der Waals surface area contributed by atoms with E-state index in [1.807, 2.05) is 0 Å². The van der Waals surface area contributed by atoms with Crippen LogP contribution >= 0.6 is 27.7 Å². The molecule has 1 aliphatic heterocycles. The second kappa shape index (κ2) is 8.91. The first kappa shape index (κ1) is 20.1. The van der Waals surface area contributed by atoms with Crippen LogP contribution in [0.15, 0.2) is 34.2 Å². The lowest BCUT2D eigenvalue weighted by Crippen LogP contribution is -2.34. The van der Waals surface area contributed by atoms with Gasteiger partial charge in [-0.15, -0.1) is 0 Å². The third-order valence-electron chi connectivity index (χ3n) is 3.28. The first-order valence-electron chi connectivity index (χ1n) is 7.34. The normalized spacial score (nSPS) is 15.3. The van der Waals surface area contributed by atoms with Gasteiger partial charge in [0.15, 0.2) is 11.5 Å². The highest BCUT2D eigenvalue weighted by atomic mass is 79.9. The summed E-state index contributed by atoms with van der Waals surface area (Å²) >= 11 is 4.16. The van der Waals surface area contributed by atoms with E-state index in [0.717, 1.165) is 16.7 Å². The van der Waals surface area contributed by atoms with E-state index in [0.29, 0.717) is 28.1 Å². The molecule has 1 aromatic carbocycles. The van der Waals surface area contributed by atoms with E-state index < -0.39 is 23.7 Å². The summed E-state index contributed by atoms with van der Waals surface area (Å²) in [4.78, 5) is 36.7. The van der Waals surface area contributed by atoms with Gasteiger partial charge in [-0.25, -0.2) is 0 Å². The highest BCUT2D eigenvalue weighted by Crippen LogP contribution is 2.39. The maximum atomic E-state index is 12.3. The number of imide groups is 1. The average molecular weight is 442 g/mol. The molecule has 7 nitrogen and oxygen atoms in total. The van der Waals surface area contributed by atoms with Crippen molar-refractivity contribution in [3.05, 3.63) is 39.7 Å². The Hall–Kier alpha value is -2.26.